The highest BCUT2D eigenvalue weighted by Gasteiger charge is 2.13. The number of anilines is 1. The van der Waals surface area contributed by atoms with Crippen molar-refractivity contribution in [2.45, 2.75) is 25.7 Å². The van der Waals surface area contributed by atoms with Gasteiger partial charge < -0.3 is 10.2 Å². The van der Waals surface area contributed by atoms with E-state index in [0.717, 1.165) is 37.7 Å². The molecule has 0 unspecified atom stereocenters. The predicted octanol–water partition coefficient (Wildman–Crippen LogP) is 2.85. The summed E-state index contributed by atoms with van der Waals surface area (Å²) in [4.78, 5) is 2.29. The predicted molar refractivity (Wildman–Crippen MR) is 96.4 cm³/mol. The van der Waals surface area contributed by atoms with Crippen LogP contribution in [0.5, 0.6) is 0 Å². The van der Waals surface area contributed by atoms with E-state index in [9.17, 15) is 0 Å². The Morgan fingerprint density at radius 2 is 1.65 bits per heavy atom. The Morgan fingerprint density at radius 3 is 2.39 bits per heavy atom. The third-order valence-corrected chi connectivity index (χ3v) is 4.74. The smallest absolute Gasteiger partial charge is 0.151 e. The topological polar surface area (TPSA) is 41.0 Å². The van der Waals surface area contributed by atoms with Gasteiger partial charge in [-0.15, -0.1) is 22.6 Å². The first-order valence-corrected chi connectivity index (χ1v) is 8.32. The molecule has 1 aromatic heterocycles. The van der Waals surface area contributed by atoms with Crippen LogP contribution in [0.4, 0.5) is 5.82 Å². The number of halogens is 1. The number of hydrogen-bond donors (Lipinski definition) is 1. The normalized spacial score (nSPS) is 17.3. The van der Waals surface area contributed by atoms with Crippen molar-refractivity contribution in [2.24, 2.45) is 0 Å². The van der Waals surface area contributed by atoms with E-state index in [4.69, 9.17) is 0 Å². The molecule has 1 aliphatic heterocycles. The molecule has 4 nitrogen and oxygen atoms in total. The second-order valence-electron chi connectivity index (χ2n) is 6.20. The van der Waals surface area contributed by atoms with Gasteiger partial charge in [-0.1, -0.05) is 12.1 Å². The van der Waals surface area contributed by atoms with Gasteiger partial charge in [-0.2, -0.15) is 0 Å². The van der Waals surface area contributed by atoms with E-state index in [1.165, 1.54) is 42.4 Å². The van der Waals surface area contributed by atoms with Crippen LogP contribution in [0.2, 0.25) is 0 Å². The lowest BCUT2D eigenvalue weighted by Crippen LogP contribution is -2.43. The summed E-state index contributed by atoms with van der Waals surface area (Å²) in [7, 11) is 0. The summed E-state index contributed by atoms with van der Waals surface area (Å²) in [5.74, 6) is 0.989. The zero-order chi connectivity index (χ0) is 14.8. The molecule has 1 aliphatic carbocycles. The number of nitrogens with one attached hydrogen (secondary N) is 1. The molecule has 0 spiro atoms. The van der Waals surface area contributed by atoms with Crippen LogP contribution < -0.4 is 10.2 Å². The quantitative estimate of drug-likeness (QED) is 0.919. The van der Waals surface area contributed by atoms with Crippen LogP contribution in [0.3, 0.4) is 0 Å². The van der Waals surface area contributed by atoms with Gasteiger partial charge in [0.25, 0.3) is 0 Å². The fourth-order valence-corrected chi connectivity index (χ4v) is 3.43. The molecule has 0 atom stereocenters. The van der Waals surface area contributed by atoms with Crippen LogP contribution in [0, 0.1) is 0 Å². The van der Waals surface area contributed by atoms with Gasteiger partial charge >= 0.3 is 0 Å². The van der Waals surface area contributed by atoms with Crippen molar-refractivity contribution in [3.8, 4) is 11.3 Å². The van der Waals surface area contributed by atoms with Crippen molar-refractivity contribution in [3.63, 3.8) is 0 Å². The van der Waals surface area contributed by atoms with Crippen LogP contribution in [-0.2, 0) is 12.8 Å². The number of piperazine rings is 1. The highest BCUT2D eigenvalue weighted by Crippen LogP contribution is 2.26. The van der Waals surface area contributed by atoms with E-state index in [2.05, 4.69) is 50.7 Å². The van der Waals surface area contributed by atoms with Crippen LogP contribution in [0.15, 0.2) is 30.3 Å². The molecular formula is C18H23ClN4. The number of fused-ring (bicyclic) bond motifs is 1. The highest BCUT2D eigenvalue weighted by atomic mass is 35.5. The molecule has 0 saturated carbocycles. The lowest BCUT2D eigenvalue weighted by Gasteiger charge is -2.27. The van der Waals surface area contributed by atoms with Gasteiger partial charge in [-0.25, -0.2) is 0 Å². The van der Waals surface area contributed by atoms with Crippen molar-refractivity contribution in [3.05, 3.63) is 41.5 Å². The second-order valence-corrected chi connectivity index (χ2v) is 6.20. The van der Waals surface area contributed by atoms with Crippen LogP contribution in [0.25, 0.3) is 11.3 Å². The van der Waals surface area contributed by atoms with Crippen molar-refractivity contribution in [1.82, 2.24) is 15.5 Å². The Morgan fingerprint density at radius 1 is 0.870 bits per heavy atom. The first-order valence-electron chi connectivity index (χ1n) is 8.32. The van der Waals surface area contributed by atoms with Crippen LogP contribution in [-0.4, -0.2) is 36.4 Å². The molecule has 0 amide bonds. The summed E-state index contributed by atoms with van der Waals surface area (Å²) in [5.41, 5.74) is 5.18. The first-order chi connectivity index (χ1) is 10.9. The number of benzene rings is 1. The molecule has 4 rings (SSSR count). The van der Waals surface area contributed by atoms with Gasteiger partial charge in [0.2, 0.25) is 0 Å². The molecule has 0 radical (unpaired) electrons. The Bertz CT molecular complexity index is 651. The van der Waals surface area contributed by atoms with Crippen molar-refractivity contribution in [2.75, 3.05) is 31.1 Å². The standard InChI is InChI=1S/C18H22N4.ClH/c1-2-4-15-13-16(6-5-14(15)3-1)17-7-8-18(21-20-17)22-11-9-19-10-12-22;/h5-8,13,19H,1-4,9-12H2;1H. The minimum Gasteiger partial charge on any atom is -0.353 e. The molecule has 23 heavy (non-hydrogen) atoms. The molecule has 5 heteroatoms. The lowest BCUT2D eigenvalue weighted by molar-refractivity contribution is 0.583. The van der Waals surface area contributed by atoms with Crippen molar-refractivity contribution >= 4 is 18.2 Å². The number of hydrogen-bond acceptors (Lipinski definition) is 4. The van der Waals surface area contributed by atoms with Crippen LogP contribution >= 0.6 is 12.4 Å². The summed E-state index contributed by atoms with van der Waals surface area (Å²) in [6, 6.07) is 11.0. The summed E-state index contributed by atoms with van der Waals surface area (Å²) in [6.45, 7) is 4.06. The van der Waals surface area contributed by atoms with Gasteiger partial charge in [-0.05, 0) is 55.0 Å². The Balaban J connectivity index is 0.00000156. The molecule has 1 saturated heterocycles. The molecule has 122 valence electrons. The maximum atomic E-state index is 4.46. The average Bonchev–Trinajstić information content (AvgIpc) is 2.62. The third kappa shape index (κ3) is 3.48. The summed E-state index contributed by atoms with van der Waals surface area (Å²) >= 11 is 0. The Labute approximate surface area is 143 Å². The molecule has 2 heterocycles. The molecule has 0 bridgehead atoms. The van der Waals surface area contributed by atoms with E-state index in [-0.39, 0.29) is 12.4 Å². The Hall–Kier alpha value is -1.65. The van der Waals surface area contributed by atoms with E-state index in [0.29, 0.717) is 0 Å². The van der Waals surface area contributed by atoms with E-state index < -0.39 is 0 Å². The SMILES string of the molecule is Cl.c1cc2c(cc1-c1ccc(N3CCNCC3)nn1)CCCC2. The first kappa shape index (κ1) is 16.2. The van der Waals surface area contributed by atoms with Gasteiger partial charge in [0.1, 0.15) is 0 Å². The number of aromatic nitrogens is 2. The number of aryl methyl sites for hydroxylation is 2. The zero-order valence-electron chi connectivity index (χ0n) is 13.3. The molecule has 1 fully saturated rings. The molecular weight excluding hydrogens is 308 g/mol. The van der Waals surface area contributed by atoms with Gasteiger partial charge in [0.05, 0.1) is 5.69 Å². The third-order valence-electron chi connectivity index (χ3n) is 4.74. The Kier molecular flexibility index (Phi) is 5.13. The largest absolute Gasteiger partial charge is 0.353 e. The van der Waals surface area contributed by atoms with Crippen molar-refractivity contribution < 1.29 is 0 Å². The highest BCUT2D eigenvalue weighted by molar-refractivity contribution is 5.85. The summed E-state index contributed by atoms with van der Waals surface area (Å²) in [5, 5.41) is 12.3. The fraction of sp³-hybridized carbons (Fsp3) is 0.444. The monoisotopic (exact) mass is 330 g/mol. The van der Waals surface area contributed by atoms with Gasteiger partial charge in [0.15, 0.2) is 5.82 Å². The van der Waals surface area contributed by atoms with Gasteiger partial charge in [-0.3, -0.25) is 0 Å². The van der Waals surface area contributed by atoms with E-state index >= 15 is 0 Å². The van der Waals surface area contributed by atoms with Crippen LogP contribution in [0.1, 0.15) is 24.0 Å². The number of nitrogens with zero attached hydrogens (tertiary/aromatic N) is 3. The fourth-order valence-electron chi connectivity index (χ4n) is 3.43. The minimum absolute atomic E-state index is 0. The molecule has 2 aromatic rings. The van der Waals surface area contributed by atoms with E-state index in [1.54, 1.807) is 0 Å². The maximum Gasteiger partial charge on any atom is 0.151 e. The average molecular weight is 331 g/mol. The second kappa shape index (κ2) is 7.28. The van der Waals surface area contributed by atoms with E-state index in [1.807, 2.05) is 0 Å². The zero-order valence-corrected chi connectivity index (χ0v) is 14.1. The summed E-state index contributed by atoms with van der Waals surface area (Å²) < 4.78 is 0. The lowest BCUT2D eigenvalue weighted by atomic mass is 9.90. The number of rotatable bonds is 2. The van der Waals surface area contributed by atoms with Crippen molar-refractivity contribution in [1.29, 1.82) is 0 Å². The minimum atomic E-state index is 0. The molecule has 1 aromatic carbocycles. The maximum absolute atomic E-state index is 4.46. The van der Waals surface area contributed by atoms with Gasteiger partial charge in [0, 0.05) is 31.7 Å². The molecule has 2 aliphatic rings. The molecule has 1 N–H and O–H groups in total. The summed E-state index contributed by atoms with van der Waals surface area (Å²) in [6.07, 6.45) is 5.06.